The maximum Gasteiger partial charge on any atom is 0.134 e. The van der Waals surface area contributed by atoms with Crippen LogP contribution < -0.4 is 5.32 Å². The highest BCUT2D eigenvalue weighted by Crippen LogP contribution is 2.24. The number of hydrogen-bond donors (Lipinski definition) is 1. The van der Waals surface area contributed by atoms with Gasteiger partial charge < -0.3 is 9.73 Å². The predicted octanol–water partition coefficient (Wildman–Crippen LogP) is 9.83. The molecule has 0 fully saturated rings. The molecule has 3 aromatic rings. The zero-order chi connectivity index (χ0) is 26.6. The average molecular weight is 471 g/mol. The molecule has 0 saturated heterocycles. The molecule has 1 heterocycles. The van der Waals surface area contributed by atoms with Crippen LogP contribution in [0, 0.1) is 18.9 Å². The van der Waals surface area contributed by atoms with Crippen molar-refractivity contribution in [3.05, 3.63) is 96.4 Å². The number of hydrogen-bond acceptors (Lipinski definition) is 3. The number of furan rings is 1. The number of anilines is 1. The van der Waals surface area contributed by atoms with Crippen molar-refractivity contribution in [3.8, 4) is 12.0 Å². The number of fused-ring (bicyclic) bond motifs is 1. The van der Waals surface area contributed by atoms with Gasteiger partial charge in [0.1, 0.15) is 11.3 Å². The summed E-state index contributed by atoms with van der Waals surface area (Å²) >= 11 is 0. The van der Waals surface area contributed by atoms with Crippen molar-refractivity contribution in [1.82, 2.24) is 0 Å². The van der Waals surface area contributed by atoms with Crippen LogP contribution >= 0.6 is 0 Å². The summed E-state index contributed by atoms with van der Waals surface area (Å²) in [5.41, 5.74) is 6.12. The van der Waals surface area contributed by atoms with Crippen LogP contribution in [0.5, 0.6) is 0 Å². The van der Waals surface area contributed by atoms with E-state index in [0.29, 0.717) is 0 Å². The van der Waals surface area contributed by atoms with Crippen LogP contribution in [0.25, 0.3) is 16.5 Å². The zero-order valence-electron chi connectivity index (χ0n) is 23.0. The highest BCUT2D eigenvalue weighted by atomic mass is 16.3. The number of benzene rings is 2. The minimum Gasteiger partial charge on any atom is -0.456 e. The van der Waals surface area contributed by atoms with Crippen molar-refractivity contribution in [1.29, 1.82) is 0 Å². The quantitative estimate of drug-likeness (QED) is 0.178. The van der Waals surface area contributed by atoms with Crippen LogP contribution in [0.1, 0.15) is 66.7 Å². The van der Waals surface area contributed by atoms with Gasteiger partial charge in [-0.05, 0) is 83.9 Å². The van der Waals surface area contributed by atoms with Gasteiger partial charge in [0.15, 0.2) is 0 Å². The van der Waals surface area contributed by atoms with E-state index in [0.717, 1.165) is 39.3 Å². The first kappa shape index (κ1) is 31.2. The Morgan fingerprint density at radius 2 is 1.63 bits per heavy atom. The molecule has 0 radical (unpaired) electrons. The fraction of sp³-hybridized carbons (Fsp3) is 0.281. The molecular weight excluding hydrogens is 428 g/mol. The first-order chi connectivity index (χ1) is 16.8. The van der Waals surface area contributed by atoms with Crippen molar-refractivity contribution < 1.29 is 4.42 Å². The Hall–Kier alpha value is -3.77. The molecule has 0 spiro atoms. The summed E-state index contributed by atoms with van der Waals surface area (Å²) in [7, 11) is 0. The third kappa shape index (κ3) is 12.9. The van der Waals surface area contributed by atoms with Crippen LogP contribution in [0.4, 0.5) is 5.69 Å². The van der Waals surface area contributed by atoms with Crippen LogP contribution in [0.2, 0.25) is 0 Å². The van der Waals surface area contributed by atoms with Crippen LogP contribution in [0.15, 0.2) is 94.5 Å². The highest BCUT2D eigenvalue weighted by Gasteiger charge is 2.04. The maximum absolute atomic E-state index is 5.76. The molecule has 186 valence electrons. The molecule has 0 unspecified atom stereocenters. The minimum atomic E-state index is 0.856. The summed E-state index contributed by atoms with van der Waals surface area (Å²) in [6, 6.07) is 20.9. The number of nitrogens with one attached hydrogen (secondary N) is 1. The number of aliphatic imine (C=N–C) groups is 1. The number of aryl methyl sites for hydroxylation is 1. The molecule has 3 rings (SSSR count). The lowest BCUT2D eigenvalue weighted by atomic mass is 10.2. The van der Waals surface area contributed by atoms with E-state index in [1.54, 1.807) is 0 Å². The maximum atomic E-state index is 5.76. The van der Waals surface area contributed by atoms with Gasteiger partial charge in [-0.15, -0.1) is 0 Å². The average Bonchev–Trinajstić information content (AvgIpc) is 3.32. The second-order valence-electron chi connectivity index (χ2n) is 7.49. The van der Waals surface area contributed by atoms with E-state index in [1.165, 1.54) is 5.56 Å². The molecule has 1 N–H and O–H groups in total. The Morgan fingerprint density at radius 1 is 0.971 bits per heavy atom. The molecule has 0 saturated carbocycles. The second kappa shape index (κ2) is 18.6. The van der Waals surface area contributed by atoms with Crippen LogP contribution in [0.3, 0.4) is 0 Å². The zero-order valence-corrected chi connectivity index (χ0v) is 23.0. The smallest absolute Gasteiger partial charge is 0.134 e. The summed E-state index contributed by atoms with van der Waals surface area (Å²) in [6.07, 6.45) is 5.82. The first-order valence-corrected chi connectivity index (χ1v) is 12.0. The Morgan fingerprint density at radius 3 is 2.17 bits per heavy atom. The molecular formula is C32H42N2O. The van der Waals surface area contributed by atoms with Gasteiger partial charge in [-0.3, -0.25) is 4.99 Å². The third-order valence-electron chi connectivity index (χ3n) is 4.57. The molecule has 0 aliphatic carbocycles. The minimum absolute atomic E-state index is 0.856. The van der Waals surface area contributed by atoms with Crippen molar-refractivity contribution in [3.63, 3.8) is 0 Å². The summed E-state index contributed by atoms with van der Waals surface area (Å²) in [4.78, 5) is 4.37. The van der Waals surface area contributed by atoms with E-state index < -0.39 is 0 Å². The SMILES string of the molecule is C/C=C\C.C=C(C)C(C)=N/C=C(\C)c1cc2ccccc2o1.CC.CC#CNc1cccc(C)c1. The second-order valence-corrected chi connectivity index (χ2v) is 7.49. The van der Waals surface area contributed by atoms with E-state index in [9.17, 15) is 0 Å². The summed E-state index contributed by atoms with van der Waals surface area (Å²) in [6.45, 7) is 21.6. The molecule has 0 aliphatic heterocycles. The van der Waals surface area contributed by atoms with Crippen molar-refractivity contribution in [2.24, 2.45) is 4.99 Å². The topological polar surface area (TPSA) is 37.5 Å². The van der Waals surface area contributed by atoms with Gasteiger partial charge in [0.05, 0.1) is 0 Å². The van der Waals surface area contributed by atoms with Gasteiger partial charge in [0, 0.05) is 34.6 Å². The summed E-state index contributed by atoms with van der Waals surface area (Å²) < 4.78 is 5.76. The van der Waals surface area contributed by atoms with E-state index >= 15 is 0 Å². The molecule has 3 nitrogen and oxygen atoms in total. The van der Waals surface area contributed by atoms with Crippen LogP contribution in [-0.2, 0) is 0 Å². The Labute approximate surface area is 213 Å². The lowest BCUT2D eigenvalue weighted by Crippen LogP contribution is -1.89. The number of allylic oxidation sites excluding steroid dienone is 4. The van der Waals surface area contributed by atoms with E-state index in [2.05, 4.69) is 47.9 Å². The van der Waals surface area contributed by atoms with Gasteiger partial charge in [0.2, 0.25) is 0 Å². The largest absolute Gasteiger partial charge is 0.456 e. The normalized spacial score (nSPS) is 10.5. The van der Waals surface area contributed by atoms with Crippen molar-refractivity contribution in [2.75, 3.05) is 5.32 Å². The van der Waals surface area contributed by atoms with Gasteiger partial charge in [-0.1, -0.05) is 68.8 Å². The lowest BCUT2D eigenvalue weighted by molar-refractivity contribution is 0.599. The Bertz CT molecular complexity index is 1140. The molecule has 3 heteroatoms. The fourth-order valence-electron chi connectivity index (χ4n) is 2.40. The molecule has 35 heavy (non-hydrogen) atoms. The monoisotopic (exact) mass is 470 g/mol. The summed E-state index contributed by atoms with van der Waals surface area (Å²) in [5, 5.41) is 4.09. The molecule has 2 aromatic carbocycles. The van der Waals surface area contributed by atoms with E-state index in [1.807, 2.05) is 116 Å². The van der Waals surface area contributed by atoms with E-state index in [-0.39, 0.29) is 0 Å². The Kier molecular flexibility index (Phi) is 16.6. The van der Waals surface area contributed by atoms with Crippen molar-refractivity contribution in [2.45, 2.75) is 62.3 Å². The lowest BCUT2D eigenvalue weighted by Gasteiger charge is -1.97. The predicted molar refractivity (Wildman–Crippen MR) is 158 cm³/mol. The number of nitrogens with zero attached hydrogens (tertiary/aromatic N) is 1. The molecule has 0 aliphatic rings. The first-order valence-electron chi connectivity index (χ1n) is 12.0. The highest BCUT2D eigenvalue weighted by molar-refractivity contribution is 5.97. The summed E-state index contributed by atoms with van der Waals surface area (Å²) in [5.74, 6) is 3.63. The van der Waals surface area contributed by atoms with Crippen molar-refractivity contribution >= 4 is 27.9 Å². The molecule has 1 aromatic heterocycles. The van der Waals surface area contributed by atoms with Gasteiger partial charge in [0.25, 0.3) is 0 Å². The van der Waals surface area contributed by atoms with Gasteiger partial charge in [-0.25, -0.2) is 0 Å². The fourth-order valence-corrected chi connectivity index (χ4v) is 2.40. The number of rotatable bonds is 4. The third-order valence-corrected chi connectivity index (χ3v) is 4.57. The van der Waals surface area contributed by atoms with E-state index in [4.69, 9.17) is 4.42 Å². The van der Waals surface area contributed by atoms with Crippen LogP contribution in [-0.4, -0.2) is 5.71 Å². The molecule has 0 atom stereocenters. The molecule has 0 amide bonds. The number of para-hydroxylation sites is 1. The van der Waals surface area contributed by atoms with Gasteiger partial charge >= 0.3 is 0 Å². The standard InChI is InChI=1S/C16H17NO.C10H11N.C4H8.C2H6/c1-11(2)13(4)17-10-12(3)16-9-14-7-5-6-8-15(14)18-16;1-3-7-11-10-6-4-5-9(2)8-10;1-3-4-2;1-2/h5-10H,1H2,2-4H3;4-6,8,11H,1-2H3;3-4H,1-2H3;1-2H3/b12-10+,17-13?;;4-3-;. The Balaban J connectivity index is 0.000000579. The van der Waals surface area contributed by atoms with Gasteiger partial charge in [-0.2, -0.15) is 0 Å². The molecule has 0 bridgehead atoms.